The van der Waals surface area contributed by atoms with Crippen LogP contribution in [0.15, 0.2) is 18.2 Å². The topological polar surface area (TPSA) is 163 Å². The second-order valence-electron chi connectivity index (χ2n) is 5.41. The van der Waals surface area contributed by atoms with Gasteiger partial charge in [-0.2, -0.15) is 0 Å². The molecule has 10 heteroatoms. The summed E-state index contributed by atoms with van der Waals surface area (Å²) >= 11 is 0. The standard InChI is InChI=1S/C15H18O10/c1-23-8-4-6(2-3-7(8)16)5-9(17)24-15-12(20)10(18)11(19)13(25-15)14(21)22/h2-4,10-13,15-16,18-20H,5H2,1H3,(H,21,22)/t10-,11-,12+,13-,15+/m0/s1. The number of carbonyl (C=O) groups is 2. The Balaban J connectivity index is 2.05. The highest BCUT2D eigenvalue weighted by Gasteiger charge is 2.48. The van der Waals surface area contributed by atoms with E-state index in [0.717, 1.165) is 0 Å². The number of carboxylic acid groups (broad SMARTS) is 1. The van der Waals surface area contributed by atoms with E-state index >= 15 is 0 Å². The maximum atomic E-state index is 12.0. The molecule has 1 aromatic rings. The lowest BCUT2D eigenvalue weighted by Gasteiger charge is -2.37. The SMILES string of the molecule is COc1cc(CC(=O)O[C@@H]2O[C@H](C(=O)O)[C@@H](O)[C@H](O)[C@H]2O)ccc1O. The van der Waals surface area contributed by atoms with Crippen LogP contribution < -0.4 is 4.74 Å². The number of aromatic hydroxyl groups is 1. The highest BCUT2D eigenvalue weighted by molar-refractivity contribution is 5.74. The van der Waals surface area contributed by atoms with Crippen LogP contribution in [0.2, 0.25) is 0 Å². The number of carboxylic acids is 1. The molecule has 0 aromatic heterocycles. The molecule has 1 aliphatic rings. The van der Waals surface area contributed by atoms with Crippen molar-refractivity contribution in [1.82, 2.24) is 0 Å². The van der Waals surface area contributed by atoms with E-state index in [1.54, 1.807) is 0 Å². The summed E-state index contributed by atoms with van der Waals surface area (Å²) in [6, 6.07) is 4.15. The van der Waals surface area contributed by atoms with Crippen LogP contribution >= 0.6 is 0 Å². The molecule has 1 heterocycles. The Morgan fingerprint density at radius 2 is 1.84 bits per heavy atom. The van der Waals surface area contributed by atoms with Crippen molar-refractivity contribution in [3.63, 3.8) is 0 Å². The summed E-state index contributed by atoms with van der Waals surface area (Å²) in [5.74, 6) is -2.44. The third-order valence-corrected chi connectivity index (χ3v) is 3.65. The molecule has 5 atom stereocenters. The zero-order chi connectivity index (χ0) is 18.7. The lowest BCUT2D eigenvalue weighted by Crippen LogP contribution is -2.60. The zero-order valence-electron chi connectivity index (χ0n) is 13.1. The van der Waals surface area contributed by atoms with Crippen molar-refractivity contribution in [2.24, 2.45) is 0 Å². The van der Waals surface area contributed by atoms with Crippen molar-refractivity contribution in [3.8, 4) is 11.5 Å². The maximum Gasteiger partial charge on any atom is 0.335 e. The van der Waals surface area contributed by atoms with Crippen LogP contribution in [0.4, 0.5) is 0 Å². The van der Waals surface area contributed by atoms with Gasteiger partial charge in [-0.3, -0.25) is 4.79 Å². The maximum absolute atomic E-state index is 12.0. The van der Waals surface area contributed by atoms with Crippen LogP contribution in [-0.2, 0) is 25.5 Å². The number of carbonyl (C=O) groups excluding carboxylic acids is 1. The zero-order valence-corrected chi connectivity index (χ0v) is 13.1. The second-order valence-corrected chi connectivity index (χ2v) is 5.41. The van der Waals surface area contributed by atoms with Gasteiger partial charge in [0.1, 0.15) is 18.3 Å². The first-order chi connectivity index (χ1) is 11.7. The summed E-state index contributed by atoms with van der Waals surface area (Å²) in [6.07, 6.45) is -9.45. The molecule has 1 saturated heterocycles. The molecule has 0 unspecified atom stereocenters. The second kappa shape index (κ2) is 7.66. The van der Waals surface area contributed by atoms with Gasteiger partial charge in [-0.25, -0.2) is 4.79 Å². The quantitative estimate of drug-likeness (QED) is 0.386. The summed E-state index contributed by atoms with van der Waals surface area (Å²) in [4.78, 5) is 23.0. The average molecular weight is 358 g/mol. The first kappa shape index (κ1) is 18.9. The van der Waals surface area contributed by atoms with Crippen LogP contribution in [0, 0.1) is 0 Å². The monoisotopic (exact) mass is 358 g/mol. The molecule has 0 aliphatic carbocycles. The molecule has 0 saturated carbocycles. The van der Waals surface area contributed by atoms with E-state index in [1.165, 1.54) is 25.3 Å². The number of aliphatic hydroxyl groups excluding tert-OH is 3. The number of ether oxygens (including phenoxy) is 3. The largest absolute Gasteiger partial charge is 0.504 e. The fourth-order valence-corrected chi connectivity index (χ4v) is 2.32. The van der Waals surface area contributed by atoms with Gasteiger partial charge in [0.05, 0.1) is 13.5 Å². The number of phenolic OH excluding ortho intramolecular Hbond substituents is 1. The van der Waals surface area contributed by atoms with Gasteiger partial charge in [-0.15, -0.1) is 0 Å². The van der Waals surface area contributed by atoms with Gasteiger partial charge < -0.3 is 39.7 Å². The lowest BCUT2D eigenvalue weighted by molar-refractivity contribution is -0.286. The van der Waals surface area contributed by atoms with Crippen LogP contribution in [0.3, 0.4) is 0 Å². The van der Waals surface area contributed by atoms with Crippen molar-refractivity contribution in [3.05, 3.63) is 23.8 Å². The minimum Gasteiger partial charge on any atom is -0.504 e. The minimum absolute atomic E-state index is 0.118. The molecule has 2 rings (SSSR count). The highest BCUT2D eigenvalue weighted by atomic mass is 16.7. The molecule has 1 fully saturated rings. The predicted molar refractivity (Wildman–Crippen MR) is 78.8 cm³/mol. The van der Waals surface area contributed by atoms with Gasteiger partial charge in [0, 0.05) is 0 Å². The van der Waals surface area contributed by atoms with E-state index < -0.39 is 42.6 Å². The van der Waals surface area contributed by atoms with E-state index in [4.69, 9.17) is 19.3 Å². The molecular formula is C15H18O10. The van der Waals surface area contributed by atoms with Crippen LogP contribution in [0.5, 0.6) is 11.5 Å². The Hall–Kier alpha value is -2.40. The van der Waals surface area contributed by atoms with Crippen molar-refractivity contribution < 1.29 is 49.3 Å². The minimum atomic E-state index is -1.87. The lowest BCUT2D eigenvalue weighted by atomic mass is 9.99. The molecule has 0 radical (unpaired) electrons. The number of esters is 1. The molecular weight excluding hydrogens is 340 g/mol. The number of methoxy groups -OCH3 is 1. The predicted octanol–water partition coefficient (Wildman–Crippen LogP) is -1.62. The van der Waals surface area contributed by atoms with E-state index in [9.17, 15) is 30.0 Å². The van der Waals surface area contributed by atoms with E-state index in [0.29, 0.717) is 5.56 Å². The Kier molecular flexibility index (Phi) is 5.80. The smallest absolute Gasteiger partial charge is 0.335 e. The van der Waals surface area contributed by atoms with Gasteiger partial charge in [-0.05, 0) is 17.7 Å². The van der Waals surface area contributed by atoms with E-state index in [1.807, 2.05) is 0 Å². The number of phenols is 1. The van der Waals surface area contributed by atoms with Crippen molar-refractivity contribution >= 4 is 11.9 Å². The van der Waals surface area contributed by atoms with Crippen LogP contribution in [0.25, 0.3) is 0 Å². The third kappa shape index (κ3) is 4.17. The summed E-state index contributed by atoms with van der Waals surface area (Å²) in [6.45, 7) is 0. The van der Waals surface area contributed by atoms with Crippen molar-refractivity contribution in [2.75, 3.05) is 7.11 Å². The van der Waals surface area contributed by atoms with E-state index in [-0.39, 0.29) is 17.9 Å². The van der Waals surface area contributed by atoms with Crippen molar-refractivity contribution in [1.29, 1.82) is 0 Å². The molecule has 0 bridgehead atoms. The first-order valence-corrected chi connectivity index (χ1v) is 7.22. The molecule has 5 N–H and O–H groups in total. The number of benzene rings is 1. The average Bonchev–Trinajstić information content (AvgIpc) is 2.56. The molecule has 1 aromatic carbocycles. The fraction of sp³-hybridized carbons (Fsp3) is 0.467. The molecule has 0 spiro atoms. The number of aliphatic hydroxyl groups is 3. The van der Waals surface area contributed by atoms with Crippen molar-refractivity contribution in [2.45, 2.75) is 37.1 Å². The number of hydrogen-bond donors (Lipinski definition) is 5. The summed E-state index contributed by atoms with van der Waals surface area (Å²) in [5, 5.41) is 47.4. The Morgan fingerprint density at radius 3 is 2.44 bits per heavy atom. The molecule has 1 aliphatic heterocycles. The van der Waals surface area contributed by atoms with Gasteiger partial charge in [0.2, 0.25) is 6.29 Å². The number of aliphatic carboxylic acids is 1. The molecule has 138 valence electrons. The summed E-state index contributed by atoms with van der Waals surface area (Å²) in [5.41, 5.74) is 0.417. The molecule has 25 heavy (non-hydrogen) atoms. The molecule has 0 amide bonds. The number of hydrogen-bond acceptors (Lipinski definition) is 9. The van der Waals surface area contributed by atoms with Gasteiger partial charge in [-0.1, -0.05) is 6.07 Å². The Bertz CT molecular complexity index is 645. The summed E-state index contributed by atoms with van der Waals surface area (Å²) < 4.78 is 14.6. The van der Waals surface area contributed by atoms with Gasteiger partial charge in [0.25, 0.3) is 0 Å². The van der Waals surface area contributed by atoms with Gasteiger partial charge >= 0.3 is 11.9 Å². The Labute approximate surface area is 141 Å². The fourth-order valence-electron chi connectivity index (χ4n) is 2.32. The van der Waals surface area contributed by atoms with Gasteiger partial charge in [0.15, 0.2) is 17.6 Å². The number of rotatable bonds is 5. The van der Waals surface area contributed by atoms with Crippen LogP contribution in [0.1, 0.15) is 5.56 Å². The highest BCUT2D eigenvalue weighted by Crippen LogP contribution is 2.27. The Morgan fingerprint density at radius 1 is 1.16 bits per heavy atom. The third-order valence-electron chi connectivity index (χ3n) is 3.65. The summed E-state index contributed by atoms with van der Waals surface area (Å²) in [7, 11) is 1.34. The van der Waals surface area contributed by atoms with Crippen LogP contribution in [-0.4, -0.2) is 75.3 Å². The normalized spacial score (nSPS) is 29.0. The molecule has 10 nitrogen and oxygen atoms in total. The van der Waals surface area contributed by atoms with E-state index in [2.05, 4.69) is 0 Å². The first-order valence-electron chi connectivity index (χ1n) is 7.22.